The minimum atomic E-state index is -2.19. The highest BCUT2D eigenvalue weighted by molar-refractivity contribution is 5.91. The lowest BCUT2D eigenvalue weighted by atomic mass is 10.0. The van der Waals surface area contributed by atoms with Crippen LogP contribution >= 0.6 is 0 Å². The molecule has 3 rings (SSSR count). The Morgan fingerprint density at radius 2 is 2.08 bits per heavy atom. The summed E-state index contributed by atoms with van der Waals surface area (Å²) in [6.45, 7) is 5.82. The molecule has 24 heavy (non-hydrogen) atoms. The lowest BCUT2D eigenvalue weighted by Gasteiger charge is -2.06. The first-order valence-corrected chi connectivity index (χ1v) is 8.11. The molecule has 0 radical (unpaired) electrons. The van der Waals surface area contributed by atoms with E-state index in [1.807, 2.05) is 13.0 Å². The summed E-state index contributed by atoms with van der Waals surface area (Å²) in [4.78, 5) is 16.3. The van der Waals surface area contributed by atoms with E-state index in [0.717, 1.165) is 24.1 Å². The van der Waals surface area contributed by atoms with Gasteiger partial charge < -0.3 is 0 Å². The van der Waals surface area contributed by atoms with Gasteiger partial charge in [0.2, 0.25) is 5.67 Å². The van der Waals surface area contributed by atoms with Crippen LogP contribution in [-0.4, -0.2) is 23.0 Å². The summed E-state index contributed by atoms with van der Waals surface area (Å²) in [5.41, 5.74) is 1.40. The summed E-state index contributed by atoms with van der Waals surface area (Å²) in [5.74, 6) is -1.98. The Hall–Kier alpha value is -2.27. The van der Waals surface area contributed by atoms with Crippen molar-refractivity contribution in [3.8, 4) is 0 Å². The quantitative estimate of drug-likeness (QED) is 0.363. The highest BCUT2D eigenvalue weighted by Gasteiger charge is 2.72. The predicted molar refractivity (Wildman–Crippen MR) is 90.6 cm³/mol. The Morgan fingerprint density at radius 3 is 2.62 bits per heavy atom. The molecule has 0 heterocycles. The predicted octanol–water partition coefficient (Wildman–Crippen LogP) is 3.55. The normalized spacial score (nSPS) is 29.5. The number of nitrogens with one attached hydrogen (secondary N) is 1. The summed E-state index contributed by atoms with van der Waals surface area (Å²) >= 11 is 0. The minimum absolute atomic E-state index is 0.396. The van der Waals surface area contributed by atoms with Crippen LogP contribution < -0.4 is 5.48 Å². The number of hydroxylamine groups is 1. The molecule has 0 saturated heterocycles. The van der Waals surface area contributed by atoms with Crippen LogP contribution in [0.3, 0.4) is 0 Å². The molecule has 0 bridgehead atoms. The fraction of sp³-hybridized carbons (Fsp3) is 0.368. The molecule has 4 nitrogen and oxygen atoms in total. The molecule has 2 N–H and O–H groups in total. The maximum Gasteiger partial charge on any atom is 0.282 e. The highest BCUT2D eigenvalue weighted by atomic mass is 19.1. The van der Waals surface area contributed by atoms with Gasteiger partial charge in [0.15, 0.2) is 0 Å². The summed E-state index contributed by atoms with van der Waals surface area (Å²) in [7, 11) is 0. The highest BCUT2D eigenvalue weighted by Crippen LogP contribution is 2.64. The van der Waals surface area contributed by atoms with E-state index >= 15 is 4.39 Å². The van der Waals surface area contributed by atoms with Crippen molar-refractivity contribution in [2.75, 3.05) is 0 Å². The van der Waals surface area contributed by atoms with Gasteiger partial charge in [0.05, 0.1) is 0 Å². The van der Waals surface area contributed by atoms with Gasteiger partial charge in [-0.1, -0.05) is 36.9 Å². The van der Waals surface area contributed by atoms with E-state index in [1.165, 1.54) is 5.48 Å². The van der Waals surface area contributed by atoms with Crippen LogP contribution in [0.5, 0.6) is 0 Å². The average Bonchev–Trinajstić information content (AvgIpc) is 3.49. The molecule has 1 aromatic carbocycles. The van der Waals surface area contributed by atoms with Crippen LogP contribution in [0.25, 0.3) is 0 Å². The van der Waals surface area contributed by atoms with Crippen LogP contribution in [0.15, 0.2) is 59.2 Å². The molecule has 0 aliphatic heterocycles. The van der Waals surface area contributed by atoms with Crippen molar-refractivity contribution >= 4 is 12.1 Å². The lowest BCUT2D eigenvalue weighted by Crippen LogP contribution is -2.33. The number of benzene rings is 1. The third kappa shape index (κ3) is 2.80. The third-order valence-corrected chi connectivity index (χ3v) is 4.74. The summed E-state index contributed by atoms with van der Waals surface area (Å²) in [6.07, 6.45) is 5.65. The van der Waals surface area contributed by atoms with Gasteiger partial charge in [-0.05, 0) is 37.0 Å². The maximum atomic E-state index is 15.3. The molecule has 2 saturated carbocycles. The number of carbonyl (C=O) groups excluding carboxylic acids is 1. The maximum absolute atomic E-state index is 15.3. The number of hydrogen-bond donors (Lipinski definition) is 2. The monoisotopic (exact) mass is 328 g/mol. The van der Waals surface area contributed by atoms with E-state index in [9.17, 15) is 4.79 Å². The summed E-state index contributed by atoms with van der Waals surface area (Å²) in [6, 6.07) is 9.01. The van der Waals surface area contributed by atoms with Gasteiger partial charge in [-0.15, -0.1) is 0 Å². The number of allylic oxidation sites excluding steroid dienone is 3. The Balaban J connectivity index is 1.91. The minimum Gasteiger partial charge on any atom is -0.289 e. The van der Waals surface area contributed by atoms with Gasteiger partial charge in [-0.2, -0.15) is 0 Å². The lowest BCUT2D eigenvalue weighted by molar-refractivity contribution is -0.136. The van der Waals surface area contributed by atoms with Crippen molar-refractivity contribution < 1.29 is 14.4 Å². The van der Waals surface area contributed by atoms with Gasteiger partial charge in [-0.25, -0.2) is 9.87 Å². The second-order valence-electron chi connectivity index (χ2n) is 6.38. The van der Waals surface area contributed by atoms with Gasteiger partial charge in [0, 0.05) is 29.7 Å². The van der Waals surface area contributed by atoms with E-state index in [2.05, 4.69) is 11.6 Å². The number of aliphatic imine (C=N–C) groups is 1. The largest absolute Gasteiger partial charge is 0.289 e. The zero-order chi connectivity index (χ0) is 17.3. The smallest absolute Gasteiger partial charge is 0.282 e. The first kappa shape index (κ1) is 16.6. The van der Waals surface area contributed by atoms with E-state index in [0.29, 0.717) is 11.5 Å². The fourth-order valence-electron chi connectivity index (χ4n) is 3.37. The summed E-state index contributed by atoms with van der Waals surface area (Å²) < 4.78 is 15.3. The molecule has 0 unspecified atom stereocenters. The van der Waals surface area contributed by atoms with Gasteiger partial charge in [0.1, 0.15) is 0 Å². The third-order valence-electron chi connectivity index (χ3n) is 4.74. The second-order valence-corrected chi connectivity index (χ2v) is 6.38. The molecule has 2 aliphatic carbocycles. The van der Waals surface area contributed by atoms with Crippen LogP contribution in [-0.2, 0) is 4.79 Å². The Morgan fingerprint density at radius 1 is 1.42 bits per heavy atom. The number of nitrogens with zero attached hydrogens (tertiary/aromatic N) is 1. The first-order valence-electron chi connectivity index (χ1n) is 8.11. The first-order chi connectivity index (χ1) is 11.5. The number of amides is 1. The second kappa shape index (κ2) is 6.32. The standard InChI is InChI=1S/C19H21FN2O2/c1-3-21-15(13-9-10-13)11-12(2)16-17(14-7-5-4-6-8-14)19(16,20)18(23)22-24/h3-8,11,13,16-17,24H,2,9-10H2,1H3,(H,22,23)/b15-11-,21-3-/t16-,17-,19-/m1/s1. The molecule has 5 heteroatoms. The van der Waals surface area contributed by atoms with Crippen LogP contribution in [0.4, 0.5) is 4.39 Å². The number of alkyl halides is 1. The molecule has 1 aromatic rings. The number of hydrogen-bond acceptors (Lipinski definition) is 3. The van der Waals surface area contributed by atoms with Crippen molar-refractivity contribution in [1.29, 1.82) is 0 Å². The van der Waals surface area contributed by atoms with Crippen molar-refractivity contribution in [1.82, 2.24) is 5.48 Å². The van der Waals surface area contributed by atoms with Crippen LogP contribution in [0.2, 0.25) is 0 Å². The Bertz CT molecular complexity index is 709. The molecule has 0 aromatic heterocycles. The summed E-state index contributed by atoms with van der Waals surface area (Å²) in [5, 5.41) is 8.93. The van der Waals surface area contributed by atoms with E-state index in [4.69, 9.17) is 5.21 Å². The van der Waals surface area contributed by atoms with E-state index in [1.54, 1.807) is 36.6 Å². The zero-order valence-electron chi connectivity index (χ0n) is 13.6. The molecule has 1 amide bonds. The van der Waals surface area contributed by atoms with E-state index in [-0.39, 0.29) is 0 Å². The Kier molecular flexibility index (Phi) is 4.37. The zero-order valence-corrected chi connectivity index (χ0v) is 13.6. The van der Waals surface area contributed by atoms with Gasteiger partial charge >= 0.3 is 0 Å². The molecule has 0 spiro atoms. The Labute approximate surface area is 140 Å². The number of halogens is 1. The fourth-order valence-corrected chi connectivity index (χ4v) is 3.37. The molecular formula is C19H21FN2O2. The number of carbonyl (C=O) groups is 1. The van der Waals surface area contributed by atoms with E-state index < -0.39 is 23.4 Å². The van der Waals surface area contributed by atoms with Crippen molar-refractivity contribution in [2.24, 2.45) is 16.8 Å². The van der Waals surface area contributed by atoms with Crippen LogP contribution in [0, 0.1) is 11.8 Å². The topological polar surface area (TPSA) is 61.7 Å². The molecule has 2 aliphatic rings. The number of rotatable bonds is 6. The SMILES string of the molecule is C=C(/C=C(\N=C/C)C1CC1)[C@@H]1[C@@H](c2ccccc2)[C@@]1(F)C(=O)NO. The van der Waals surface area contributed by atoms with Crippen molar-refractivity contribution in [2.45, 2.75) is 31.4 Å². The molecule has 126 valence electrons. The molecular weight excluding hydrogens is 307 g/mol. The van der Waals surface area contributed by atoms with Gasteiger partial charge in [0.25, 0.3) is 5.91 Å². The van der Waals surface area contributed by atoms with Crippen molar-refractivity contribution in [3.05, 3.63) is 59.8 Å². The van der Waals surface area contributed by atoms with Crippen LogP contribution in [0.1, 0.15) is 31.2 Å². The molecule has 2 fully saturated rings. The van der Waals surface area contributed by atoms with Gasteiger partial charge in [-0.3, -0.25) is 15.0 Å². The molecule has 3 atom stereocenters. The van der Waals surface area contributed by atoms with Crippen molar-refractivity contribution in [3.63, 3.8) is 0 Å². The average molecular weight is 328 g/mol.